The number of hydrogen-bond donors (Lipinski definition) is 1. The van der Waals surface area contributed by atoms with E-state index in [1.54, 1.807) is 0 Å². The summed E-state index contributed by atoms with van der Waals surface area (Å²) in [4.78, 5) is 10.4. The zero-order valence-corrected chi connectivity index (χ0v) is 11.9. The number of carbonyl (C=O) groups excluding carboxylic acids is 1. The summed E-state index contributed by atoms with van der Waals surface area (Å²) < 4.78 is 66.5. The Labute approximate surface area is 122 Å². The molecule has 0 saturated heterocycles. The quantitative estimate of drug-likeness (QED) is 0.910. The van der Waals surface area contributed by atoms with Gasteiger partial charge < -0.3 is 9.84 Å². The minimum atomic E-state index is -5.84. The molecule has 2 rings (SSSR count). The Morgan fingerprint density at radius 3 is 2.45 bits per heavy atom. The maximum Gasteiger partial charge on any atom is 0.502 e. The van der Waals surface area contributed by atoms with Crippen LogP contribution in [0.25, 0.3) is 10.9 Å². The fraction of sp³-hybridized carbons (Fsp3) is 0.250. The molecule has 0 aliphatic rings. The molecule has 6 nitrogen and oxygen atoms in total. The third-order valence-corrected chi connectivity index (χ3v) is 4.38. The van der Waals surface area contributed by atoms with Gasteiger partial charge in [-0.05, 0) is 13.0 Å². The standard InChI is InChI=1S/C12H10F3NO5S/c1-2-21-11(18)16-8-6-4-3-5-7(8)9(10(16)17)22(19,20)12(13,14)15/h3-6,17H,2H2,1H3. The minimum absolute atomic E-state index is 0.105. The molecule has 0 atom stereocenters. The van der Waals surface area contributed by atoms with Gasteiger partial charge in [-0.15, -0.1) is 0 Å². The largest absolute Gasteiger partial charge is 0.502 e. The normalized spacial score (nSPS) is 12.5. The van der Waals surface area contributed by atoms with E-state index in [2.05, 4.69) is 4.74 Å². The van der Waals surface area contributed by atoms with Crippen LogP contribution in [0.3, 0.4) is 0 Å². The molecule has 1 N–H and O–H groups in total. The molecule has 120 valence electrons. The van der Waals surface area contributed by atoms with Gasteiger partial charge in [0.05, 0.1) is 12.1 Å². The van der Waals surface area contributed by atoms with E-state index in [1.165, 1.54) is 25.1 Å². The van der Waals surface area contributed by atoms with E-state index in [-0.39, 0.29) is 12.1 Å². The number of aromatic hydroxyl groups is 1. The van der Waals surface area contributed by atoms with Crippen LogP contribution in [0.1, 0.15) is 6.92 Å². The van der Waals surface area contributed by atoms with E-state index >= 15 is 0 Å². The molecule has 0 fully saturated rings. The topological polar surface area (TPSA) is 85.6 Å². The lowest BCUT2D eigenvalue weighted by atomic mass is 10.2. The summed E-state index contributed by atoms with van der Waals surface area (Å²) >= 11 is 0. The van der Waals surface area contributed by atoms with Crippen LogP contribution in [0.2, 0.25) is 0 Å². The van der Waals surface area contributed by atoms with Crippen LogP contribution in [-0.4, -0.2) is 36.3 Å². The van der Waals surface area contributed by atoms with Crippen molar-refractivity contribution in [2.75, 3.05) is 6.61 Å². The highest BCUT2D eigenvalue weighted by molar-refractivity contribution is 7.92. The lowest BCUT2D eigenvalue weighted by Gasteiger charge is -2.08. The first-order chi connectivity index (χ1) is 10.1. The van der Waals surface area contributed by atoms with E-state index in [0.29, 0.717) is 4.57 Å². The number of hydrogen-bond acceptors (Lipinski definition) is 5. The molecule has 0 bridgehead atoms. The zero-order chi connectivity index (χ0) is 16.7. The molecule has 22 heavy (non-hydrogen) atoms. The summed E-state index contributed by atoms with van der Waals surface area (Å²) in [5.41, 5.74) is -5.82. The molecule has 1 aromatic carbocycles. The molecular formula is C12H10F3NO5S. The lowest BCUT2D eigenvalue weighted by molar-refractivity contribution is -0.0436. The first-order valence-corrected chi connectivity index (χ1v) is 7.42. The van der Waals surface area contributed by atoms with Gasteiger partial charge in [-0.1, -0.05) is 18.2 Å². The summed E-state index contributed by atoms with van der Waals surface area (Å²) in [6.45, 7) is 1.35. The number of para-hydroxylation sites is 1. The van der Waals surface area contributed by atoms with Crippen LogP contribution >= 0.6 is 0 Å². The van der Waals surface area contributed by atoms with Crippen LogP contribution in [0.4, 0.5) is 18.0 Å². The first-order valence-electron chi connectivity index (χ1n) is 5.93. The second-order valence-electron chi connectivity index (χ2n) is 4.15. The molecule has 0 radical (unpaired) electrons. The second-order valence-corrected chi connectivity index (χ2v) is 6.03. The highest BCUT2D eigenvalue weighted by atomic mass is 32.2. The third kappa shape index (κ3) is 2.28. The monoisotopic (exact) mass is 337 g/mol. The van der Waals surface area contributed by atoms with Crippen LogP contribution in [0, 0.1) is 0 Å². The van der Waals surface area contributed by atoms with Gasteiger partial charge >= 0.3 is 11.6 Å². The molecular weight excluding hydrogens is 327 g/mol. The second kappa shape index (κ2) is 5.20. The van der Waals surface area contributed by atoms with Crippen LogP contribution in [0.15, 0.2) is 29.2 Å². The summed E-state index contributed by atoms with van der Waals surface area (Å²) in [6, 6.07) is 4.92. The maximum atomic E-state index is 12.8. The van der Waals surface area contributed by atoms with Gasteiger partial charge in [0, 0.05) is 5.39 Å². The molecule has 0 aliphatic heterocycles. The number of ether oxygens (including phenoxy) is 1. The molecule has 0 aliphatic carbocycles. The maximum absolute atomic E-state index is 12.8. The van der Waals surface area contributed by atoms with Crippen molar-refractivity contribution in [1.82, 2.24) is 4.57 Å². The average Bonchev–Trinajstić information content (AvgIpc) is 2.70. The summed E-state index contributed by atoms with van der Waals surface area (Å²) in [7, 11) is -5.84. The van der Waals surface area contributed by atoms with Gasteiger partial charge in [0.2, 0.25) is 5.88 Å². The average molecular weight is 337 g/mol. The number of sulfone groups is 1. The van der Waals surface area contributed by atoms with Crippen molar-refractivity contribution in [3.05, 3.63) is 24.3 Å². The van der Waals surface area contributed by atoms with Crippen molar-refractivity contribution in [3.63, 3.8) is 0 Å². The number of fused-ring (bicyclic) bond motifs is 1. The van der Waals surface area contributed by atoms with Gasteiger partial charge in [-0.25, -0.2) is 17.8 Å². The smallest absolute Gasteiger partial charge is 0.493 e. The Morgan fingerprint density at radius 1 is 1.32 bits per heavy atom. The number of aromatic nitrogens is 1. The van der Waals surface area contributed by atoms with E-state index in [9.17, 15) is 31.5 Å². The van der Waals surface area contributed by atoms with Crippen molar-refractivity contribution in [2.45, 2.75) is 17.3 Å². The molecule has 1 heterocycles. The highest BCUT2D eigenvalue weighted by Gasteiger charge is 2.50. The fourth-order valence-electron chi connectivity index (χ4n) is 1.95. The number of alkyl halides is 3. The molecule has 0 unspecified atom stereocenters. The van der Waals surface area contributed by atoms with Crippen molar-refractivity contribution in [2.24, 2.45) is 0 Å². The Bertz CT molecular complexity index is 838. The Kier molecular flexibility index (Phi) is 3.81. The lowest BCUT2D eigenvalue weighted by Crippen LogP contribution is -2.23. The molecule has 10 heteroatoms. The van der Waals surface area contributed by atoms with Crippen LogP contribution in [-0.2, 0) is 14.6 Å². The van der Waals surface area contributed by atoms with E-state index in [0.717, 1.165) is 6.07 Å². The van der Waals surface area contributed by atoms with Gasteiger partial charge in [0.25, 0.3) is 9.84 Å². The van der Waals surface area contributed by atoms with E-state index < -0.39 is 37.6 Å². The minimum Gasteiger partial charge on any atom is -0.493 e. The molecule has 0 amide bonds. The first kappa shape index (κ1) is 16.1. The number of carbonyl (C=O) groups is 1. The molecule has 0 spiro atoms. The Hall–Kier alpha value is -2.23. The number of rotatable bonds is 2. The van der Waals surface area contributed by atoms with Crippen molar-refractivity contribution >= 4 is 26.8 Å². The van der Waals surface area contributed by atoms with E-state index in [4.69, 9.17) is 0 Å². The molecule has 2 aromatic rings. The van der Waals surface area contributed by atoms with Gasteiger partial charge in [-0.2, -0.15) is 13.2 Å². The van der Waals surface area contributed by atoms with Gasteiger partial charge in [0.1, 0.15) is 4.90 Å². The fourth-order valence-corrected chi connectivity index (χ4v) is 2.98. The SMILES string of the molecule is CCOC(=O)n1c(O)c(S(=O)(=O)C(F)(F)F)c2ccccc21. The third-order valence-electron chi connectivity index (χ3n) is 2.83. The van der Waals surface area contributed by atoms with Crippen molar-refractivity contribution in [3.8, 4) is 5.88 Å². The predicted molar refractivity (Wildman–Crippen MR) is 69.3 cm³/mol. The molecule has 1 aromatic heterocycles. The van der Waals surface area contributed by atoms with Crippen LogP contribution < -0.4 is 0 Å². The summed E-state index contributed by atoms with van der Waals surface area (Å²) in [6.07, 6.45) is -1.18. The van der Waals surface area contributed by atoms with Gasteiger partial charge in [0.15, 0.2) is 0 Å². The summed E-state index contributed by atoms with van der Waals surface area (Å²) in [5.74, 6) is -1.34. The highest BCUT2D eigenvalue weighted by Crippen LogP contribution is 2.41. The number of halogens is 3. The van der Waals surface area contributed by atoms with Crippen LogP contribution in [0.5, 0.6) is 5.88 Å². The zero-order valence-electron chi connectivity index (χ0n) is 11.1. The molecule has 0 saturated carbocycles. The van der Waals surface area contributed by atoms with Crippen molar-refractivity contribution in [1.29, 1.82) is 0 Å². The van der Waals surface area contributed by atoms with Crippen molar-refractivity contribution < 1.29 is 36.2 Å². The predicted octanol–water partition coefficient (Wildman–Crippen LogP) is 2.65. The number of benzene rings is 1. The Balaban J connectivity index is 2.89. The number of nitrogens with zero attached hydrogens (tertiary/aromatic N) is 1. The van der Waals surface area contributed by atoms with Gasteiger partial charge in [-0.3, -0.25) is 0 Å². The Morgan fingerprint density at radius 2 is 1.91 bits per heavy atom. The summed E-state index contributed by atoms with van der Waals surface area (Å²) in [5, 5.41) is 9.47. The van der Waals surface area contributed by atoms with E-state index in [1.807, 2.05) is 0 Å².